The van der Waals surface area contributed by atoms with Crippen molar-refractivity contribution in [2.24, 2.45) is 5.84 Å². The van der Waals surface area contributed by atoms with Crippen molar-refractivity contribution in [3.05, 3.63) is 70.8 Å². The third-order valence-electron chi connectivity index (χ3n) is 4.18. The summed E-state index contributed by atoms with van der Waals surface area (Å²) in [5, 5.41) is 9.86. The molecular weight excluding hydrogens is 372 g/mol. The first kappa shape index (κ1) is 21.7. The number of allylic oxidation sites excluding steroid dienone is 1. The summed E-state index contributed by atoms with van der Waals surface area (Å²) in [4.78, 5) is 23.9. The number of nitrogens with one attached hydrogen (secondary N) is 1. The number of aromatic carboxylic acids is 1. The lowest BCUT2D eigenvalue weighted by Crippen LogP contribution is -2.33. The highest BCUT2D eigenvalue weighted by molar-refractivity contribution is 5.98. The highest BCUT2D eigenvalue weighted by Crippen LogP contribution is 2.38. The second-order valence-corrected chi connectivity index (χ2v) is 6.39. The van der Waals surface area contributed by atoms with Crippen molar-refractivity contribution in [3.63, 3.8) is 0 Å². The van der Waals surface area contributed by atoms with Crippen LogP contribution in [0.2, 0.25) is 0 Å². The summed E-state index contributed by atoms with van der Waals surface area (Å²) in [7, 11) is 1.47. The Morgan fingerprint density at radius 1 is 1.24 bits per heavy atom. The summed E-state index contributed by atoms with van der Waals surface area (Å²) in [6.45, 7) is 5.72. The van der Waals surface area contributed by atoms with E-state index >= 15 is 0 Å². The van der Waals surface area contributed by atoms with Gasteiger partial charge in [0.2, 0.25) is 0 Å². The first-order valence-electron chi connectivity index (χ1n) is 8.90. The zero-order valence-corrected chi connectivity index (χ0v) is 16.4. The van der Waals surface area contributed by atoms with E-state index in [2.05, 4.69) is 6.58 Å². The van der Waals surface area contributed by atoms with E-state index in [1.807, 2.05) is 42.7 Å². The Morgan fingerprint density at radius 2 is 1.93 bits per heavy atom. The Balaban J connectivity index is 2.68. The number of amides is 1. The van der Waals surface area contributed by atoms with Gasteiger partial charge >= 0.3 is 12.1 Å². The first-order valence-corrected chi connectivity index (χ1v) is 8.90. The summed E-state index contributed by atoms with van der Waals surface area (Å²) < 4.78 is 10.7. The van der Waals surface area contributed by atoms with Crippen molar-refractivity contribution < 1.29 is 24.2 Å². The third kappa shape index (κ3) is 5.70. The number of hydrogen-bond donors (Lipinski definition) is 3. The molecule has 0 aliphatic rings. The smallest absolute Gasteiger partial charge is 0.426 e. The van der Waals surface area contributed by atoms with Crippen molar-refractivity contribution in [2.45, 2.75) is 19.8 Å². The number of ether oxygens (including phenoxy) is 2. The minimum absolute atomic E-state index is 0.103. The molecule has 7 nitrogen and oxygen atoms in total. The molecule has 2 aromatic carbocycles. The van der Waals surface area contributed by atoms with Crippen LogP contribution in [0.15, 0.2) is 48.6 Å². The largest absolute Gasteiger partial charge is 0.496 e. The highest BCUT2D eigenvalue weighted by Gasteiger charge is 2.25. The van der Waals surface area contributed by atoms with Crippen molar-refractivity contribution in [3.8, 4) is 11.5 Å². The van der Waals surface area contributed by atoms with Crippen LogP contribution in [-0.4, -0.2) is 24.3 Å². The summed E-state index contributed by atoms with van der Waals surface area (Å²) in [5.74, 6) is 4.19. The van der Waals surface area contributed by atoms with Gasteiger partial charge in [-0.1, -0.05) is 48.1 Å². The van der Waals surface area contributed by atoms with Gasteiger partial charge in [0.25, 0.3) is 0 Å². The number of rotatable bonds is 8. The lowest BCUT2D eigenvalue weighted by molar-refractivity contribution is 0.0693. The minimum Gasteiger partial charge on any atom is -0.496 e. The molecule has 1 amide bonds. The number of carbonyl (C=O) groups is 2. The molecule has 152 valence electrons. The van der Waals surface area contributed by atoms with Crippen LogP contribution in [0.4, 0.5) is 4.79 Å². The molecule has 2 rings (SSSR count). The standard InChI is InChI=1S/C22H24N2O5/c1-14(2)9-12-17-18(28-3)13-16(11-10-15-7-5-4-6-8-15)19(21(25)26)20(17)29-22(27)24-23/h4-8,10-11,13H,1,9,12,23H2,2-3H3,(H,24,27)(H,25,26). The molecule has 0 bridgehead atoms. The lowest BCUT2D eigenvalue weighted by Gasteiger charge is -2.18. The van der Waals surface area contributed by atoms with Crippen LogP contribution in [0, 0.1) is 0 Å². The molecule has 0 fully saturated rings. The van der Waals surface area contributed by atoms with Crippen LogP contribution in [-0.2, 0) is 6.42 Å². The van der Waals surface area contributed by atoms with Crippen LogP contribution in [0.3, 0.4) is 0 Å². The molecular formula is C22H24N2O5. The van der Waals surface area contributed by atoms with E-state index in [1.165, 1.54) is 7.11 Å². The molecule has 0 unspecified atom stereocenters. The number of hydrazine groups is 1. The van der Waals surface area contributed by atoms with Gasteiger partial charge < -0.3 is 14.6 Å². The predicted octanol–water partition coefficient (Wildman–Crippen LogP) is 4.03. The second kappa shape index (κ2) is 10.1. The Morgan fingerprint density at radius 3 is 2.48 bits per heavy atom. The number of carbonyl (C=O) groups excluding carboxylic acids is 1. The first-order chi connectivity index (χ1) is 13.9. The van der Waals surface area contributed by atoms with Gasteiger partial charge in [-0.25, -0.2) is 15.4 Å². The molecule has 29 heavy (non-hydrogen) atoms. The van der Waals surface area contributed by atoms with Crippen LogP contribution in [0.5, 0.6) is 11.5 Å². The van der Waals surface area contributed by atoms with Crippen LogP contribution < -0.4 is 20.7 Å². The summed E-state index contributed by atoms with van der Waals surface area (Å²) in [6.07, 6.45) is 3.37. The topological polar surface area (TPSA) is 111 Å². The van der Waals surface area contributed by atoms with E-state index in [0.717, 1.165) is 11.1 Å². The van der Waals surface area contributed by atoms with Crippen molar-refractivity contribution in [1.29, 1.82) is 0 Å². The molecule has 0 saturated carbocycles. The SMILES string of the molecule is C=C(C)CCc1c(OC)cc(C=Cc2ccccc2)c(C(=O)O)c1OC(=O)NN. The summed E-state index contributed by atoms with van der Waals surface area (Å²) in [6, 6.07) is 11.0. The molecule has 4 N–H and O–H groups in total. The van der Waals surface area contributed by atoms with E-state index < -0.39 is 12.1 Å². The zero-order valence-electron chi connectivity index (χ0n) is 16.4. The molecule has 0 saturated heterocycles. The Bertz CT molecular complexity index is 936. The van der Waals surface area contributed by atoms with Crippen molar-refractivity contribution in [1.82, 2.24) is 5.43 Å². The van der Waals surface area contributed by atoms with Gasteiger partial charge in [0.05, 0.1) is 7.11 Å². The fourth-order valence-corrected chi connectivity index (χ4v) is 2.79. The number of carboxylic acid groups (broad SMARTS) is 1. The maximum Gasteiger partial charge on any atom is 0.426 e. The molecule has 0 radical (unpaired) electrons. The second-order valence-electron chi connectivity index (χ2n) is 6.39. The third-order valence-corrected chi connectivity index (χ3v) is 4.18. The van der Waals surface area contributed by atoms with E-state index in [0.29, 0.717) is 29.7 Å². The fraction of sp³-hybridized carbons (Fsp3) is 0.182. The lowest BCUT2D eigenvalue weighted by atomic mass is 9.96. The Kier molecular flexibility index (Phi) is 7.56. The van der Waals surface area contributed by atoms with Gasteiger partial charge in [-0.15, -0.1) is 6.58 Å². The molecule has 0 aromatic heterocycles. The quantitative estimate of drug-likeness (QED) is 0.204. The van der Waals surface area contributed by atoms with E-state index in [-0.39, 0.29) is 11.3 Å². The number of nitrogens with two attached hydrogens (primary N) is 1. The maximum atomic E-state index is 12.1. The Hall–Kier alpha value is -3.58. The van der Waals surface area contributed by atoms with Gasteiger partial charge in [-0.2, -0.15) is 0 Å². The van der Waals surface area contributed by atoms with Crippen LogP contribution in [0.1, 0.15) is 40.4 Å². The highest BCUT2D eigenvalue weighted by atomic mass is 16.6. The molecule has 0 aliphatic carbocycles. The number of carboxylic acids is 1. The molecule has 7 heteroatoms. The fourth-order valence-electron chi connectivity index (χ4n) is 2.79. The normalized spacial score (nSPS) is 10.6. The monoisotopic (exact) mass is 396 g/mol. The van der Waals surface area contributed by atoms with Gasteiger partial charge in [0.1, 0.15) is 11.3 Å². The van der Waals surface area contributed by atoms with E-state index in [1.54, 1.807) is 18.2 Å². The number of benzene rings is 2. The number of methoxy groups -OCH3 is 1. The van der Waals surface area contributed by atoms with Gasteiger partial charge in [-0.3, -0.25) is 5.43 Å². The summed E-state index contributed by atoms with van der Waals surface area (Å²) >= 11 is 0. The average Bonchev–Trinajstić information content (AvgIpc) is 2.70. The van der Waals surface area contributed by atoms with Gasteiger partial charge in [-0.05, 0) is 37.0 Å². The maximum absolute atomic E-state index is 12.1. The molecule has 0 heterocycles. The van der Waals surface area contributed by atoms with Crippen molar-refractivity contribution in [2.75, 3.05) is 7.11 Å². The summed E-state index contributed by atoms with van der Waals surface area (Å²) in [5.41, 5.74) is 4.26. The molecule has 0 atom stereocenters. The molecule has 0 aliphatic heterocycles. The number of hydrogen-bond acceptors (Lipinski definition) is 5. The van der Waals surface area contributed by atoms with Crippen LogP contribution >= 0.6 is 0 Å². The van der Waals surface area contributed by atoms with E-state index in [9.17, 15) is 14.7 Å². The van der Waals surface area contributed by atoms with Crippen LogP contribution in [0.25, 0.3) is 12.2 Å². The average molecular weight is 396 g/mol. The zero-order chi connectivity index (χ0) is 21.4. The minimum atomic E-state index is -1.24. The Labute approximate surface area is 169 Å². The molecule has 2 aromatic rings. The van der Waals surface area contributed by atoms with Gasteiger partial charge in [0, 0.05) is 5.56 Å². The van der Waals surface area contributed by atoms with E-state index in [4.69, 9.17) is 15.3 Å². The predicted molar refractivity (Wildman–Crippen MR) is 112 cm³/mol. The van der Waals surface area contributed by atoms with Crippen molar-refractivity contribution >= 4 is 24.2 Å². The van der Waals surface area contributed by atoms with Gasteiger partial charge in [0.15, 0.2) is 5.75 Å². The molecule has 0 spiro atoms.